The summed E-state index contributed by atoms with van der Waals surface area (Å²) in [5.74, 6) is -0.383. The first-order valence-electron chi connectivity index (χ1n) is 7.48. The van der Waals surface area contributed by atoms with E-state index in [2.05, 4.69) is 4.98 Å². The third-order valence-electron chi connectivity index (χ3n) is 3.75. The molecule has 0 fully saturated rings. The summed E-state index contributed by atoms with van der Waals surface area (Å²) in [6, 6.07) is 13.1. The largest absolute Gasteiger partial charge is 0.369 e. The molecule has 3 rings (SSSR count). The van der Waals surface area contributed by atoms with Gasteiger partial charge in [-0.1, -0.05) is 42.1 Å². The van der Waals surface area contributed by atoms with Gasteiger partial charge in [-0.05, 0) is 37.1 Å². The van der Waals surface area contributed by atoms with E-state index in [9.17, 15) is 9.59 Å². The van der Waals surface area contributed by atoms with Gasteiger partial charge in [-0.25, -0.2) is 4.98 Å². The van der Waals surface area contributed by atoms with Crippen LogP contribution in [0.2, 0.25) is 0 Å². The van der Waals surface area contributed by atoms with Crippen molar-refractivity contribution < 1.29 is 4.79 Å². The summed E-state index contributed by atoms with van der Waals surface area (Å²) in [5, 5.41) is 1.01. The molecule has 0 saturated carbocycles. The van der Waals surface area contributed by atoms with E-state index in [4.69, 9.17) is 5.73 Å². The fraction of sp³-hybridized carbons (Fsp3) is 0.167. The van der Waals surface area contributed by atoms with E-state index >= 15 is 0 Å². The fourth-order valence-corrected chi connectivity index (χ4v) is 3.44. The van der Waals surface area contributed by atoms with Crippen LogP contribution < -0.4 is 11.3 Å². The van der Waals surface area contributed by atoms with Crippen molar-refractivity contribution in [3.63, 3.8) is 0 Å². The molecule has 2 aromatic carbocycles. The van der Waals surface area contributed by atoms with Crippen LogP contribution >= 0.6 is 11.8 Å². The molecule has 0 atom stereocenters. The van der Waals surface area contributed by atoms with Crippen LogP contribution in [0.3, 0.4) is 0 Å². The van der Waals surface area contributed by atoms with E-state index in [1.165, 1.54) is 11.8 Å². The first-order valence-corrected chi connectivity index (χ1v) is 8.47. The van der Waals surface area contributed by atoms with E-state index in [-0.39, 0.29) is 11.3 Å². The van der Waals surface area contributed by atoms with Crippen LogP contribution in [0, 0.1) is 13.8 Å². The molecule has 3 aromatic rings. The van der Waals surface area contributed by atoms with Gasteiger partial charge in [-0.2, -0.15) is 0 Å². The van der Waals surface area contributed by atoms with Crippen molar-refractivity contribution in [1.29, 1.82) is 0 Å². The second kappa shape index (κ2) is 6.49. The molecule has 1 amide bonds. The van der Waals surface area contributed by atoms with Crippen molar-refractivity contribution >= 4 is 28.6 Å². The molecule has 0 radical (unpaired) electrons. The van der Waals surface area contributed by atoms with Gasteiger partial charge in [0, 0.05) is 0 Å². The second-order valence-electron chi connectivity index (χ2n) is 5.55. The van der Waals surface area contributed by atoms with Crippen LogP contribution in [0.25, 0.3) is 16.6 Å². The molecule has 0 unspecified atom stereocenters. The Balaban J connectivity index is 2.35. The third-order valence-corrected chi connectivity index (χ3v) is 4.71. The number of aromatic nitrogens is 2. The number of primary amides is 1. The van der Waals surface area contributed by atoms with Crippen LogP contribution in [0.5, 0.6) is 0 Å². The van der Waals surface area contributed by atoms with Crippen molar-refractivity contribution in [2.24, 2.45) is 5.73 Å². The Hall–Kier alpha value is -2.60. The monoisotopic (exact) mass is 339 g/mol. The zero-order chi connectivity index (χ0) is 17.3. The van der Waals surface area contributed by atoms with Gasteiger partial charge >= 0.3 is 0 Å². The highest BCUT2D eigenvalue weighted by atomic mass is 32.2. The molecule has 0 spiro atoms. The minimum Gasteiger partial charge on any atom is -0.369 e. The lowest BCUT2D eigenvalue weighted by Gasteiger charge is -2.16. The molecule has 24 heavy (non-hydrogen) atoms. The lowest BCUT2D eigenvalue weighted by molar-refractivity contribution is -0.115. The Labute approximate surface area is 143 Å². The number of rotatable bonds is 4. The smallest absolute Gasteiger partial charge is 0.266 e. The van der Waals surface area contributed by atoms with Crippen molar-refractivity contribution in [2.45, 2.75) is 19.0 Å². The third kappa shape index (κ3) is 2.92. The highest BCUT2D eigenvalue weighted by Gasteiger charge is 2.16. The summed E-state index contributed by atoms with van der Waals surface area (Å²) in [5.41, 5.74) is 8.46. The van der Waals surface area contributed by atoms with Gasteiger partial charge in [0.1, 0.15) is 0 Å². The minimum absolute atomic E-state index is 0.0652. The Morgan fingerprint density at radius 2 is 1.79 bits per heavy atom. The standard InChI is InChI=1S/C18H17N3O2S/c1-11-6-5-7-12(2)16(11)21-17(23)13-8-3-4-9-14(13)20-18(21)24-10-15(19)22/h3-9H,10H2,1-2H3,(H2,19,22). The number of hydrogen-bond donors (Lipinski definition) is 1. The lowest BCUT2D eigenvalue weighted by Crippen LogP contribution is -2.24. The number of hydrogen-bond acceptors (Lipinski definition) is 4. The quantitative estimate of drug-likeness (QED) is 0.585. The number of carbonyl (C=O) groups excluding carboxylic acids is 1. The molecule has 0 bridgehead atoms. The topological polar surface area (TPSA) is 78.0 Å². The molecule has 6 heteroatoms. The predicted octanol–water partition coefficient (Wildman–Crippen LogP) is 2.58. The SMILES string of the molecule is Cc1cccc(C)c1-n1c(SCC(N)=O)nc2ccccc2c1=O. The Morgan fingerprint density at radius 3 is 2.46 bits per heavy atom. The Kier molecular flexibility index (Phi) is 4.40. The molecular formula is C18H17N3O2S. The first-order chi connectivity index (χ1) is 11.5. The van der Waals surface area contributed by atoms with Crippen LogP contribution in [-0.2, 0) is 4.79 Å². The average molecular weight is 339 g/mol. The van der Waals surface area contributed by atoms with Crippen LogP contribution in [0.4, 0.5) is 0 Å². The lowest BCUT2D eigenvalue weighted by atomic mass is 10.1. The number of thioether (sulfide) groups is 1. The van der Waals surface area contributed by atoms with Gasteiger partial charge in [-0.3, -0.25) is 14.2 Å². The number of benzene rings is 2. The highest BCUT2D eigenvalue weighted by Crippen LogP contribution is 2.25. The maximum Gasteiger partial charge on any atom is 0.266 e. The summed E-state index contributed by atoms with van der Waals surface area (Å²) in [6.07, 6.45) is 0. The van der Waals surface area contributed by atoms with Gasteiger partial charge in [0.05, 0.1) is 22.3 Å². The molecule has 0 saturated heterocycles. The van der Waals surface area contributed by atoms with Gasteiger partial charge in [0.2, 0.25) is 5.91 Å². The number of para-hydroxylation sites is 2. The number of aryl methyl sites for hydroxylation is 2. The molecule has 0 aliphatic rings. The molecular weight excluding hydrogens is 322 g/mol. The highest BCUT2D eigenvalue weighted by molar-refractivity contribution is 7.99. The first kappa shape index (κ1) is 16.3. The maximum atomic E-state index is 13.1. The average Bonchev–Trinajstić information content (AvgIpc) is 2.55. The summed E-state index contributed by atoms with van der Waals surface area (Å²) in [6.45, 7) is 3.90. The minimum atomic E-state index is -0.449. The summed E-state index contributed by atoms with van der Waals surface area (Å²) >= 11 is 1.17. The maximum absolute atomic E-state index is 13.1. The number of nitrogens with zero attached hydrogens (tertiary/aromatic N) is 2. The summed E-state index contributed by atoms with van der Waals surface area (Å²) in [4.78, 5) is 28.9. The Morgan fingerprint density at radius 1 is 1.12 bits per heavy atom. The molecule has 0 aliphatic carbocycles. The fourth-order valence-electron chi connectivity index (χ4n) is 2.70. The van der Waals surface area contributed by atoms with E-state index in [1.54, 1.807) is 16.7 Å². The molecule has 0 aliphatic heterocycles. The second-order valence-corrected chi connectivity index (χ2v) is 6.49. The van der Waals surface area contributed by atoms with Crippen LogP contribution in [0.1, 0.15) is 11.1 Å². The molecule has 1 heterocycles. The normalized spacial score (nSPS) is 10.9. The van der Waals surface area contributed by atoms with Crippen molar-refractivity contribution in [1.82, 2.24) is 9.55 Å². The molecule has 122 valence electrons. The van der Waals surface area contributed by atoms with Crippen LogP contribution in [0.15, 0.2) is 52.4 Å². The van der Waals surface area contributed by atoms with Gasteiger partial charge in [0.25, 0.3) is 5.56 Å². The van der Waals surface area contributed by atoms with Crippen LogP contribution in [-0.4, -0.2) is 21.2 Å². The number of fused-ring (bicyclic) bond motifs is 1. The number of nitrogens with two attached hydrogens (primary N) is 1. The molecule has 1 aromatic heterocycles. The summed E-state index contributed by atoms with van der Waals surface area (Å²) in [7, 11) is 0. The molecule has 2 N–H and O–H groups in total. The Bertz CT molecular complexity index is 975. The van der Waals surface area contributed by atoms with Crippen molar-refractivity contribution in [2.75, 3.05) is 5.75 Å². The molecule has 5 nitrogen and oxygen atoms in total. The van der Waals surface area contributed by atoms with E-state index in [1.807, 2.05) is 44.2 Å². The van der Waals surface area contributed by atoms with E-state index < -0.39 is 5.91 Å². The van der Waals surface area contributed by atoms with Gasteiger partial charge in [-0.15, -0.1) is 0 Å². The number of amides is 1. The number of carbonyl (C=O) groups is 1. The van der Waals surface area contributed by atoms with Gasteiger partial charge in [0.15, 0.2) is 5.16 Å². The zero-order valence-electron chi connectivity index (χ0n) is 13.4. The van der Waals surface area contributed by atoms with E-state index in [0.717, 1.165) is 16.8 Å². The predicted molar refractivity (Wildman–Crippen MR) is 96.7 cm³/mol. The van der Waals surface area contributed by atoms with E-state index in [0.29, 0.717) is 16.1 Å². The van der Waals surface area contributed by atoms with Crippen molar-refractivity contribution in [3.8, 4) is 5.69 Å². The summed E-state index contributed by atoms with van der Waals surface area (Å²) < 4.78 is 1.58. The van der Waals surface area contributed by atoms with Gasteiger partial charge < -0.3 is 5.73 Å². The van der Waals surface area contributed by atoms with Crippen molar-refractivity contribution in [3.05, 3.63) is 63.9 Å². The zero-order valence-corrected chi connectivity index (χ0v) is 14.3.